The van der Waals surface area contributed by atoms with E-state index in [-0.39, 0.29) is 6.42 Å². The minimum Gasteiger partial charge on any atom is -0.301 e. The largest absolute Gasteiger partial charge is 0.301 e. The average molecular weight is 385 g/mol. The van der Waals surface area contributed by atoms with Crippen molar-refractivity contribution in [2.45, 2.75) is 31.3 Å². The fourth-order valence-electron chi connectivity index (χ4n) is 3.83. The lowest BCUT2D eigenvalue weighted by Gasteiger charge is -2.33. The van der Waals surface area contributed by atoms with Gasteiger partial charge < -0.3 is 4.90 Å². The number of hydrogen-bond donors (Lipinski definition) is 0. The summed E-state index contributed by atoms with van der Waals surface area (Å²) >= 11 is 0. The molecule has 2 aromatic rings. The standard InChI is InChI=1S/C23H19N3O3/c24-15-17-10-6-7-13-25(17)23(29)20(14-16-8-2-1-3-9-16)26-21(27)18-11-4-5-12-19(18)22(26)28/h1-5,7-9,11-13,17,20H,6,10,14H2/t17?,20-/m0/s1. The highest BCUT2D eigenvalue weighted by atomic mass is 16.2. The van der Waals surface area contributed by atoms with Crippen LogP contribution in [-0.4, -0.2) is 39.6 Å². The lowest BCUT2D eigenvalue weighted by molar-refractivity contribution is -0.134. The quantitative estimate of drug-likeness (QED) is 0.758. The van der Waals surface area contributed by atoms with Crippen LogP contribution in [0.3, 0.4) is 0 Å². The van der Waals surface area contributed by atoms with Crippen molar-refractivity contribution < 1.29 is 14.4 Å². The molecule has 6 heteroatoms. The first-order chi connectivity index (χ1) is 14.1. The van der Waals surface area contributed by atoms with Crippen LogP contribution in [0.25, 0.3) is 0 Å². The van der Waals surface area contributed by atoms with Gasteiger partial charge in [0.05, 0.1) is 17.2 Å². The second kappa shape index (κ2) is 7.72. The molecule has 0 aliphatic carbocycles. The van der Waals surface area contributed by atoms with Gasteiger partial charge in [0.2, 0.25) is 0 Å². The predicted molar refractivity (Wildman–Crippen MR) is 105 cm³/mol. The van der Waals surface area contributed by atoms with Crippen LogP contribution in [0.15, 0.2) is 66.9 Å². The SMILES string of the molecule is N#CC1CCC=CN1C(=O)[C@H](Cc1ccccc1)N1C(=O)c2ccccc2C1=O. The monoisotopic (exact) mass is 385 g/mol. The van der Waals surface area contributed by atoms with Crippen molar-refractivity contribution in [3.05, 3.63) is 83.6 Å². The summed E-state index contributed by atoms with van der Waals surface area (Å²) in [6.07, 6.45) is 4.84. The van der Waals surface area contributed by atoms with Gasteiger partial charge >= 0.3 is 0 Å². The second-order valence-corrected chi connectivity index (χ2v) is 7.08. The molecule has 1 unspecified atom stereocenters. The van der Waals surface area contributed by atoms with Crippen molar-refractivity contribution in [3.63, 3.8) is 0 Å². The summed E-state index contributed by atoms with van der Waals surface area (Å²) < 4.78 is 0. The molecule has 29 heavy (non-hydrogen) atoms. The Kier molecular flexibility index (Phi) is 4.96. The number of imide groups is 1. The van der Waals surface area contributed by atoms with E-state index in [0.717, 1.165) is 10.5 Å². The summed E-state index contributed by atoms with van der Waals surface area (Å²) in [6, 6.07) is 16.4. The molecule has 3 amide bonds. The van der Waals surface area contributed by atoms with E-state index >= 15 is 0 Å². The Morgan fingerprint density at radius 3 is 2.28 bits per heavy atom. The van der Waals surface area contributed by atoms with Crippen LogP contribution in [0, 0.1) is 11.3 Å². The van der Waals surface area contributed by atoms with Gasteiger partial charge in [0.1, 0.15) is 12.1 Å². The molecule has 2 aromatic carbocycles. The number of nitrogens with zero attached hydrogens (tertiary/aromatic N) is 3. The average Bonchev–Trinajstić information content (AvgIpc) is 3.02. The van der Waals surface area contributed by atoms with Crippen LogP contribution in [-0.2, 0) is 11.2 Å². The van der Waals surface area contributed by atoms with E-state index in [1.54, 1.807) is 30.5 Å². The molecule has 2 aliphatic rings. The van der Waals surface area contributed by atoms with Crippen LogP contribution in [0.1, 0.15) is 39.1 Å². The van der Waals surface area contributed by atoms with Crippen molar-refractivity contribution in [2.24, 2.45) is 0 Å². The normalized spacial score (nSPS) is 19.1. The zero-order chi connectivity index (χ0) is 20.4. The van der Waals surface area contributed by atoms with Gasteiger partial charge in [-0.3, -0.25) is 19.3 Å². The van der Waals surface area contributed by atoms with E-state index in [1.165, 1.54) is 4.90 Å². The predicted octanol–water partition coefficient (Wildman–Crippen LogP) is 2.92. The summed E-state index contributed by atoms with van der Waals surface area (Å²) in [5, 5.41) is 9.47. The zero-order valence-electron chi connectivity index (χ0n) is 15.7. The molecule has 144 valence electrons. The highest BCUT2D eigenvalue weighted by Crippen LogP contribution is 2.28. The Hall–Kier alpha value is -3.72. The Balaban J connectivity index is 1.74. The minimum atomic E-state index is -1.02. The molecular weight excluding hydrogens is 366 g/mol. The van der Waals surface area contributed by atoms with Crippen molar-refractivity contribution in [1.29, 1.82) is 5.26 Å². The van der Waals surface area contributed by atoms with Crippen LogP contribution in [0.2, 0.25) is 0 Å². The summed E-state index contributed by atoms with van der Waals surface area (Å²) in [6.45, 7) is 0. The molecular formula is C23H19N3O3. The van der Waals surface area contributed by atoms with Crippen LogP contribution in [0.5, 0.6) is 0 Å². The van der Waals surface area contributed by atoms with Gasteiger partial charge in [0.25, 0.3) is 17.7 Å². The van der Waals surface area contributed by atoms with Crippen LogP contribution < -0.4 is 0 Å². The molecule has 0 spiro atoms. The first-order valence-corrected chi connectivity index (χ1v) is 9.51. The second-order valence-electron chi connectivity index (χ2n) is 7.08. The molecule has 0 aromatic heterocycles. The minimum absolute atomic E-state index is 0.188. The third kappa shape index (κ3) is 3.32. The molecule has 0 saturated heterocycles. The lowest BCUT2D eigenvalue weighted by Crippen LogP contribution is -2.53. The molecule has 0 N–H and O–H groups in total. The molecule has 2 atom stereocenters. The first-order valence-electron chi connectivity index (χ1n) is 9.51. The molecule has 0 radical (unpaired) electrons. The van der Waals surface area contributed by atoms with Crippen LogP contribution in [0.4, 0.5) is 0 Å². The maximum absolute atomic E-state index is 13.5. The van der Waals surface area contributed by atoms with E-state index in [2.05, 4.69) is 6.07 Å². The van der Waals surface area contributed by atoms with Crippen molar-refractivity contribution in [1.82, 2.24) is 9.80 Å². The van der Waals surface area contributed by atoms with Gasteiger partial charge in [-0.15, -0.1) is 0 Å². The summed E-state index contributed by atoms with van der Waals surface area (Å²) in [7, 11) is 0. The van der Waals surface area contributed by atoms with Gasteiger partial charge in [0, 0.05) is 12.6 Å². The Morgan fingerprint density at radius 2 is 1.66 bits per heavy atom. The fraction of sp³-hybridized carbons (Fsp3) is 0.217. The maximum Gasteiger partial charge on any atom is 0.262 e. The van der Waals surface area contributed by atoms with Gasteiger partial charge in [-0.25, -0.2) is 0 Å². The zero-order valence-corrected chi connectivity index (χ0v) is 15.7. The number of fused-ring (bicyclic) bond motifs is 1. The maximum atomic E-state index is 13.5. The van der Waals surface area contributed by atoms with E-state index in [1.807, 2.05) is 36.4 Å². The fourth-order valence-corrected chi connectivity index (χ4v) is 3.83. The Bertz CT molecular complexity index is 1000. The topological polar surface area (TPSA) is 81.5 Å². The van der Waals surface area contributed by atoms with Gasteiger partial charge in [-0.05, 0) is 30.5 Å². The van der Waals surface area contributed by atoms with Crippen molar-refractivity contribution in [2.75, 3.05) is 0 Å². The van der Waals surface area contributed by atoms with Crippen molar-refractivity contribution >= 4 is 17.7 Å². The van der Waals surface area contributed by atoms with Crippen molar-refractivity contribution in [3.8, 4) is 6.07 Å². The van der Waals surface area contributed by atoms with Gasteiger partial charge in [-0.1, -0.05) is 48.5 Å². The number of hydrogen-bond acceptors (Lipinski definition) is 4. The summed E-state index contributed by atoms with van der Waals surface area (Å²) in [5.74, 6) is -1.38. The molecule has 4 rings (SSSR count). The molecule has 2 heterocycles. The number of carbonyl (C=O) groups is 3. The number of carbonyl (C=O) groups excluding carboxylic acids is 3. The Morgan fingerprint density at radius 1 is 1.03 bits per heavy atom. The van der Waals surface area contributed by atoms with E-state index in [4.69, 9.17) is 0 Å². The summed E-state index contributed by atoms with van der Waals surface area (Å²) in [5.41, 5.74) is 1.43. The third-order valence-electron chi connectivity index (χ3n) is 5.31. The van der Waals surface area contributed by atoms with E-state index in [9.17, 15) is 19.6 Å². The molecule has 0 bridgehead atoms. The van der Waals surface area contributed by atoms with Gasteiger partial charge in [0.15, 0.2) is 0 Å². The van der Waals surface area contributed by atoms with Crippen LogP contribution >= 0.6 is 0 Å². The first kappa shape index (κ1) is 18.6. The third-order valence-corrected chi connectivity index (χ3v) is 5.31. The smallest absolute Gasteiger partial charge is 0.262 e. The number of rotatable bonds is 4. The molecule has 0 saturated carbocycles. The van der Waals surface area contributed by atoms with Gasteiger partial charge in [-0.2, -0.15) is 5.26 Å². The number of benzene rings is 2. The molecule has 6 nitrogen and oxygen atoms in total. The molecule has 2 aliphatic heterocycles. The lowest BCUT2D eigenvalue weighted by atomic mass is 10.0. The highest BCUT2D eigenvalue weighted by Gasteiger charge is 2.44. The number of amides is 3. The van der Waals surface area contributed by atoms with E-state index in [0.29, 0.717) is 24.0 Å². The summed E-state index contributed by atoms with van der Waals surface area (Å²) in [4.78, 5) is 41.9. The number of allylic oxidation sites excluding steroid dienone is 1. The van der Waals surface area contributed by atoms with E-state index < -0.39 is 29.8 Å². The Labute approximate surface area is 168 Å². The molecule has 0 fully saturated rings. The highest BCUT2D eigenvalue weighted by molar-refractivity contribution is 6.22. The number of nitriles is 1.